The van der Waals surface area contributed by atoms with Crippen LogP contribution >= 0.6 is 0 Å². The summed E-state index contributed by atoms with van der Waals surface area (Å²) in [7, 11) is 0.539. The van der Waals surface area contributed by atoms with E-state index in [-0.39, 0.29) is 16.4 Å². The molecule has 204 valence electrons. The van der Waals surface area contributed by atoms with E-state index in [1.807, 2.05) is 18.2 Å². The third-order valence-corrected chi connectivity index (χ3v) is 13.2. The second-order valence-corrected chi connectivity index (χ2v) is 16.5. The molecule has 9 heteroatoms. The highest BCUT2D eigenvalue weighted by atomic mass is 28.4. The number of allylic oxidation sites excluding steroid dienone is 2. The van der Waals surface area contributed by atoms with E-state index in [4.69, 9.17) is 18.6 Å². The maximum atomic E-state index is 13.3. The first-order chi connectivity index (χ1) is 18.3. The summed E-state index contributed by atoms with van der Waals surface area (Å²) >= 11 is 0. The average molecular weight is 548 g/mol. The number of methoxy groups -OCH3 is 2. The van der Waals surface area contributed by atoms with Gasteiger partial charge < -0.3 is 23.7 Å². The van der Waals surface area contributed by atoms with Crippen LogP contribution in [0.1, 0.15) is 33.3 Å². The maximum Gasteiger partial charge on any atom is 0.415 e. The fourth-order valence-corrected chi connectivity index (χ4v) is 7.01. The Morgan fingerprint density at radius 3 is 2.38 bits per heavy atom. The fraction of sp³-hybridized carbons (Fsp3) is 0.467. The topological polar surface area (TPSA) is 97.8 Å². The molecule has 2 heterocycles. The predicted octanol–water partition coefficient (Wildman–Crippen LogP) is 4.82. The highest BCUT2D eigenvalue weighted by Crippen LogP contribution is 2.74. The highest BCUT2D eigenvalue weighted by molar-refractivity contribution is 6.74. The van der Waals surface area contributed by atoms with Crippen molar-refractivity contribution in [2.75, 3.05) is 19.1 Å². The van der Waals surface area contributed by atoms with Crippen molar-refractivity contribution in [1.29, 1.82) is 0 Å². The molecule has 8 nitrogen and oxygen atoms in total. The highest BCUT2D eigenvalue weighted by Gasteiger charge is 2.86. The van der Waals surface area contributed by atoms with Crippen LogP contribution in [-0.4, -0.2) is 51.3 Å². The first-order valence-electron chi connectivity index (χ1n) is 12.9. The minimum Gasteiger partial charge on any atom is -0.543 e. The molecule has 0 radical (unpaired) electrons. The van der Waals surface area contributed by atoms with Crippen LogP contribution in [-0.2, 0) is 24.6 Å². The van der Waals surface area contributed by atoms with Crippen molar-refractivity contribution in [3.05, 3.63) is 47.2 Å². The van der Waals surface area contributed by atoms with Gasteiger partial charge in [-0.3, -0.25) is 4.90 Å². The van der Waals surface area contributed by atoms with Crippen LogP contribution in [0.15, 0.2) is 41.7 Å². The van der Waals surface area contributed by atoms with Gasteiger partial charge in [0.05, 0.1) is 25.5 Å². The Kier molecular flexibility index (Phi) is 5.99. The zero-order chi connectivity index (χ0) is 28.5. The number of carbonyl (C=O) groups is 2. The van der Waals surface area contributed by atoms with Gasteiger partial charge in [0.2, 0.25) is 8.32 Å². The van der Waals surface area contributed by atoms with Gasteiger partial charge in [0, 0.05) is 11.5 Å². The van der Waals surface area contributed by atoms with E-state index in [0.717, 1.165) is 0 Å². The van der Waals surface area contributed by atoms with Crippen molar-refractivity contribution in [2.24, 2.45) is 11.8 Å². The van der Waals surface area contributed by atoms with E-state index in [9.17, 15) is 14.7 Å². The summed E-state index contributed by atoms with van der Waals surface area (Å²) in [6.45, 7) is 12.6. The van der Waals surface area contributed by atoms with Gasteiger partial charge in [0.25, 0.3) is 0 Å². The van der Waals surface area contributed by atoms with Gasteiger partial charge in [-0.15, -0.1) is 0 Å². The van der Waals surface area contributed by atoms with Crippen LogP contribution in [0.5, 0.6) is 5.75 Å². The van der Waals surface area contributed by atoms with Crippen LogP contribution in [0.25, 0.3) is 0 Å². The number of anilines is 1. The lowest BCUT2D eigenvalue weighted by atomic mass is 9.59. The Morgan fingerprint density at radius 2 is 1.79 bits per heavy atom. The van der Waals surface area contributed by atoms with Crippen molar-refractivity contribution >= 4 is 26.1 Å². The van der Waals surface area contributed by atoms with Gasteiger partial charge in [-0.25, -0.2) is 9.59 Å². The normalized spacial score (nSPS) is 30.8. The number of nitrogens with zero attached hydrogens (tertiary/aromatic N) is 1. The van der Waals surface area contributed by atoms with Crippen molar-refractivity contribution in [3.63, 3.8) is 0 Å². The van der Waals surface area contributed by atoms with E-state index in [1.54, 1.807) is 19.1 Å². The molecule has 1 aromatic rings. The quantitative estimate of drug-likeness (QED) is 0.328. The number of carboxylic acid groups (broad SMARTS) is 1. The summed E-state index contributed by atoms with van der Waals surface area (Å²) in [6, 6.07) is 4.72. The van der Waals surface area contributed by atoms with Crippen LogP contribution in [0, 0.1) is 35.5 Å². The predicted molar refractivity (Wildman–Crippen MR) is 147 cm³/mol. The summed E-state index contributed by atoms with van der Waals surface area (Å²) in [5.74, 6) is 10.6. The van der Waals surface area contributed by atoms with Crippen molar-refractivity contribution in [1.82, 2.24) is 0 Å². The summed E-state index contributed by atoms with van der Waals surface area (Å²) in [6.07, 6.45) is 2.58. The third-order valence-electron chi connectivity index (χ3n) is 8.87. The summed E-state index contributed by atoms with van der Waals surface area (Å²) in [5, 5.41) is 10.3. The second-order valence-electron chi connectivity index (χ2n) is 11.8. The minimum absolute atomic E-state index is 0.0428. The smallest absolute Gasteiger partial charge is 0.415 e. The van der Waals surface area contributed by atoms with Gasteiger partial charge in [-0.1, -0.05) is 51.4 Å². The first-order valence-corrected chi connectivity index (χ1v) is 15.8. The van der Waals surface area contributed by atoms with Gasteiger partial charge in [-0.05, 0) is 48.5 Å². The molecule has 5 rings (SSSR count). The lowest BCUT2D eigenvalue weighted by Gasteiger charge is -2.46. The monoisotopic (exact) mass is 547 g/mol. The third kappa shape index (κ3) is 3.50. The Hall–Kier alpha value is -3.66. The summed E-state index contributed by atoms with van der Waals surface area (Å²) < 4.78 is 24.4. The van der Waals surface area contributed by atoms with Crippen LogP contribution in [0.4, 0.5) is 10.5 Å². The molecule has 2 aliphatic heterocycles. The first kappa shape index (κ1) is 26.9. The number of carbonyl (C=O) groups excluding carboxylic acids is 1. The molecule has 4 aliphatic rings. The molecule has 1 fully saturated rings. The SMILES string of the molecule is COC(=O)N1c2ccc(O[Si](C)(C)C(C)(C)C)cc2[C@@]23O[C@@]24[C@@H]1C#C/C=C\C#C[C@@H]3C(OC)=C(C(=O)O)[C@@H]4C. The molecule has 39 heavy (non-hydrogen) atoms. The summed E-state index contributed by atoms with van der Waals surface area (Å²) in [4.78, 5) is 27.4. The largest absolute Gasteiger partial charge is 0.543 e. The Morgan fingerprint density at radius 1 is 1.13 bits per heavy atom. The number of hydrogen-bond donors (Lipinski definition) is 1. The molecule has 4 bridgehead atoms. The van der Waals surface area contributed by atoms with E-state index in [0.29, 0.717) is 17.0 Å². The molecule has 1 aromatic carbocycles. The molecule has 0 aromatic heterocycles. The molecule has 1 N–H and O–H groups in total. The van der Waals surface area contributed by atoms with Gasteiger partial charge in [0.1, 0.15) is 34.7 Å². The number of aliphatic carboxylic acids is 1. The zero-order valence-corrected chi connectivity index (χ0v) is 24.5. The molecule has 2 aliphatic carbocycles. The Labute approximate surface area is 230 Å². The second kappa shape index (κ2) is 8.67. The van der Waals surface area contributed by atoms with Gasteiger partial charge in [-0.2, -0.15) is 0 Å². The van der Waals surface area contributed by atoms with Crippen LogP contribution in [0.3, 0.4) is 0 Å². The van der Waals surface area contributed by atoms with E-state index in [2.05, 4.69) is 57.5 Å². The van der Waals surface area contributed by atoms with Crippen LogP contribution < -0.4 is 9.33 Å². The van der Waals surface area contributed by atoms with Gasteiger partial charge in [0.15, 0.2) is 0 Å². The lowest BCUT2D eigenvalue weighted by molar-refractivity contribution is -0.134. The van der Waals surface area contributed by atoms with E-state index in [1.165, 1.54) is 19.1 Å². The van der Waals surface area contributed by atoms with Crippen LogP contribution in [0.2, 0.25) is 18.1 Å². The summed E-state index contributed by atoms with van der Waals surface area (Å²) in [5.41, 5.74) is -1.06. The number of hydrogen-bond acceptors (Lipinski definition) is 6. The number of amides is 1. The van der Waals surface area contributed by atoms with E-state index < -0.39 is 49.5 Å². The molecule has 5 atom stereocenters. The number of carboxylic acids is 1. The minimum atomic E-state index is -2.22. The molecule has 1 amide bonds. The number of rotatable bonds is 4. The zero-order valence-electron chi connectivity index (χ0n) is 23.5. The van der Waals surface area contributed by atoms with Gasteiger partial charge >= 0.3 is 12.1 Å². The standard InChI is InChI=1S/C30H33NO7Si/c1-18-24(26(32)33)25(35-5)20-13-11-9-10-12-14-23-29(18)30(20,38-29)21-17-19(37-39(7,8)28(2,3)4)15-16-22(21)31(23)27(34)36-6/h9-10,15-18,20,23H,1-8H3,(H,32,33)/b10-9-/t18-,20+,23-,29-,30+/m0/s1. The molecule has 0 unspecified atom stereocenters. The number of epoxide rings is 1. The van der Waals surface area contributed by atoms with Crippen molar-refractivity contribution in [3.8, 4) is 29.4 Å². The molecular weight excluding hydrogens is 514 g/mol. The Balaban J connectivity index is 1.84. The maximum absolute atomic E-state index is 13.3. The number of ether oxygens (including phenoxy) is 3. The van der Waals surface area contributed by atoms with Crippen molar-refractivity contribution < 1.29 is 33.3 Å². The molecular formula is C30H33NO7Si. The van der Waals surface area contributed by atoms with E-state index >= 15 is 0 Å². The number of fused-ring (bicyclic) bond motifs is 1. The average Bonchev–Trinajstić information content (AvgIpc) is 3.58. The Bertz CT molecular complexity index is 1460. The molecule has 1 saturated heterocycles. The molecule has 0 saturated carbocycles. The van der Waals surface area contributed by atoms with Crippen molar-refractivity contribution in [2.45, 2.75) is 63.1 Å². The fourth-order valence-electron chi connectivity index (χ4n) is 5.99. The number of benzene rings is 1. The molecule has 0 spiro atoms. The lowest BCUT2D eigenvalue weighted by Crippen LogP contribution is -2.60.